The fraction of sp³-hybridized carbons (Fsp3) is 0.143. The van der Waals surface area contributed by atoms with E-state index in [4.69, 9.17) is 4.74 Å². The van der Waals surface area contributed by atoms with Crippen molar-refractivity contribution in [2.45, 2.75) is 19.1 Å². The van der Waals surface area contributed by atoms with Crippen LogP contribution in [0, 0.1) is 10.1 Å². The number of ether oxygens (including phenoxy) is 1. The minimum atomic E-state index is -1.35. The van der Waals surface area contributed by atoms with Crippen LogP contribution in [-0.2, 0) is 17.8 Å². The molecule has 14 heteroatoms. The molecule has 0 bridgehead atoms. The van der Waals surface area contributed by atoms with E-state index in [0.717, 1.165) is 21.7 Å². The first-order valence-electron chi connectivity index (χ1n) is 12.5. The van der Waals surface area contributed by atoms with Crippen LogP contribution in [0.1, 0.15) is 11.3 Å². The molecule has 3 aromatic carbocycles. The van der Waals surface area contributed by atoms with Gasteiger partial charge in [-0.1, -0.05) is 46.9 Å². The van der Waals surface area contributed by atoms with E-state index in [2.05, 4.69) is 25.5 Å². The number of nitro groups is 1. The minimum Gasteiger partial charge on any atom is -0.497 e. The number of thiazole rings is 1. The molecule has 13 nitrogen and oxygen atoms in total. The van der Waals surface area contributed by atoms with Gasteiger partial charge in [0.05, 0.1) is 41.1 Å². The van der Waals surface area contributed by atoms with Crippen molar-refractivity contribution in [2.75, 3.05) is 7.11 Å². The van der Waals surface area contributed by atoms with Gasteiger partial charge in [0, 0.05) is 23.6 Å². The number of azo groups is 1. The molecule has 42 heavy (non-hydrogen) atoms. The summed E-state index contributed by atoms with van der Waals surface area (Å²) in [6, 6.07) is 19.4. The van der Waals surface area contributed by atoms with E-state index in [9.17, 15) is 25.1 Å². The summed E-state index contributed by atoms with van der Waals surface area (Å²) in [7, 11) is 1.57. The Hall–Kier alpha value is -5.34. The number of benzene rings is 3. The molecule has 0 saturated heterocycles. The third kappa shape index (κ3) is 6.19. The lowest BCUT2D eigenvalue weighted by molar-refractivity contribution is -0.385. The number of methoxy groups -OCH3 is 1. The number of aliphatic hydroxyl groups excluding tert-OH is 1. The Balaban J connectivity index is 1.49. The van der Waals surface area contributed by atoms with Gasteiger partial charge in [-0.3, -0.25) is 10.1 Å². The van der Waals surface area contributed by atoms with E-state index in [-0.39, 0.29) is 29.4 Å². The number of nitrogens with zero attached hydrogens (tertiary/aromatic N) is 7. The van der Waals surface area contributed by atoms with E-state index >= 15 is 0 Å². The maximum Gasteiger partial charge on any atom is 0.330 e. The average molecular weight is 586 g/mol. The van der Waals surface area contributed by atoms with Crippen molar-refractivity contribution in [1.82, 2.24) is 20.0 Å². The van der Waals surface area contributed by atoms with E-state index in [1.54, 1.807) is 36.2 Å². The summed E-state index contributed by atoms with van der Waals surface area (Å²) in [5.74, 6) is -0.591. The number of aliphatic carboxylic acids is 1. The van der Waals surface area contributed by atoms with Gasteiger partial charge in [0.1, 0.15) is 11.4 Å². The summed E-state index contributed by atoms with van der Waals surface area (Å²) in [5.41, 5.74) is 3.45. The molecule has 5 rings (SSSR count). The third-order valence-electron chi connectivity index (χ3n) is 6.25. The average Bonchev–Trinajstić information content (AvgIpc) is 3.67. The largest absolute Gasteiger partial charge is 0.497 e. The van der Waals surface area contributed by atoms with Crippen molar-refractivity contribution in [3.8, 4) is 33.1 Å². The van der Waals surface area contributed by atoms with Crippen LogP contribution in [0.4, 0.5) is 10.8 Å². The summed E-state index contributed by atoms with van der Waals surface area (Å²) in [6.45, 7) is -0.216. The van der Waals surface area contributed by atoms with Gasteiger partial charge < -0.3 is 14.9 Å². The van der Waals surface area contributed by atoms with Crippen LogP contribution in [0.3, 0.4) is 0 Å². The first kappa shape index (κ1) is 28.2. The van der Waals surface area contributed by atoms with Crippen LogP contribution in [0.25, 0.3) is 27.4 Å². The number of carboxylic acid groups (broad SMARTS) is 1. The van der Waals surface area contributed by atoms with Crippen molar-refractivity contribution in [2.24, 2.45) is 10.2 Å². The van der Waals surface area contributed by atoms with Gasteiger partial charge in [0.15, 0.2) is 6.04 Å². The topological polar surface area (TPSA) is 178 Å². The second-order valence-corrected chi connectivity index (χ2v) is 9.90. The van der Waals surface area contributed by atoms with Crippen molar-refractivity contribution in [1.29, 1.82) is 0 Å². The fourth-order valence-corrected chi connectivity index (χ4v) is 5.04. The number of hydrogen-bond acceptors (Lipinski definition) is 11. The Kier molecular flexibility index (Phi) is 8.36. The highest BCUT2D eigenvalue weighted by Gasteiger charge is 2.23. The van der Waals surface area contributed by atoms with Gasteiger partial charge in [0.2, 0.25) is 5.13 Å². The van der Waals surface area contributed by atoms with Gasteiger partial charge in [-0.25, -0.2) is 14.5 Å². The Labute approximate surface area is 242 Å². The number of aromatic nitrogens is 4. The summed E-state index contributed by atoms with van der Waals surface area (Å²) in [4.78, 5) is 28.2. The van der Waals surface area contributed by atoms with Crippen LogP contribution >= 0.6 is 11.3 Å². The van der Waals surface area contributed by atoms with E-state index in [1.165, 1.54) is 29.5 Å². The summed E-state index contributed by atoms with van der Waals surface area (Å²) in [5, 5.41) is 46.7. The van der Waals surface area contributed by atoms with Crippen LogP contribution in [0.5, 0.6) is 5.75 Å². The number of carboxylic acids is 1. The molecule has 0 amide bonds. The number of hydrogen-bond donors (Lipinski definition) is 2. The van der Waals surface area contributed by atoms with Crippen LogP contribution in [0.15, 0.2) is 89.2 Å². The van der Waals surface area contributed by atoms with Gasteiger partial charge in [-0.05, 0) is 42.0 Å². The van der Waals surface area contributed by atoms with E-state index in [1.807, 2.05) is 36.4 Å². The van der Waals surface area contributed by atoms with Crippen molar-refractivity contribution < 1.29 is 24.7 Å². The predicted octanol–water partition coefficient (Wildman–Crippen LogP) is 5.25. The molecule has 5 aromatic rings. The zero-order valence-corrected chi connectivity index (χ0v) is 22.9. The Morgan fingerprint density at radius 3 is 2.45 bits per heavy atom. The molecule has 0 radical (unpaired) electrons. The lowest BCUT2D eigenvalue weighted by Gasteiger charge is -2.06. The van der Waals surface area contributed by atoms with Crippen molar-refractivity contribution >= 4 is 28.1 Å². The first-order valence-corrected chi connectivity index (χ1v) is 13.3. The summed E-state index contributed by atoms with van der Waals surface area (Å²) < 4.78 is 6.82. The minimum absolute atomic E-state index is 0.181. The highest BCUT2D eigenvalue weighted by molar-refractivity contribution is 7.19. The lowest BCUT2D eigenvalue weighted by Crippen LogP contribution is -2.20. The number of rotatable bonds is 11. The lowest BCUT2D eigenvalue weighted by atomic mass is 10.0. The Morgan fingerprint density at radius 1 is 1.10 bits per heavy atom. The molecule has 212 valence electrons. The second-order valence-electron chi connectivity index (χ2n) is 8.92. The molecule has 2 N–H and O–H groups in total. The zero-order chi connectivity index (χ0) is 29.6. The second kappa shape index (κ2) is 12.4. The zero-order valence-electron chi connectivity index (χ0n) is 22.1. The van der Waals surface area contributed by atoms with Gasteiger partial charge in [0.25, 0.3) is 5.69 Å². The molecular weight excluding hydrogens is 562 g/mol. The third-order valence-corrected chi connectivity index (χ3v) is 7.23. The highest BCUT2D eigenvalue weighted by Crippen LogP contribution is 2.41. The maximum atomic E-state index is 12.0. The molecule has 0 saturated carbocycles. The molecule has 1 atom stereocenters. The maximum absolute atomic E-state index is 12.0. The molecule has 0 spiro atoms. The number of carbonyl (C=O) groups is 1. The number of para-hydroxylation sites is 1. The quantitative estimate of drug-likeness (QED) is 0.119. The highest BCUT2D eigenvalue weighted by atomic mass is 32.1. The predicted molar refractivity (Wildman–Crippen MR) is 153 cm³/mol. The van der Waals surface area contributed by atoms with Crippen LogP contribution < -0.4 is 4.74 Å². The van der Waals surface area contributed by atoms with Crippen molar-refractivity contribution in [3.63, 3.8) is 0 Å². The van der Waals surface area contributed by atoms with Gasteiger partial charge >= 0.3 is 5.97 Å². The Morgan fingerprint density at radius 2 is 1.81 bits per heavy atom. The standard InChI is InChI=1S/C28H23N7O6S/c1-41-22-12-8-17(9-13-22)25-26(18-6-10-21(11-7-18)34-15-20(16-36)30-33-34)42-28(29-25)32-31-23(27(37)38)14-19-4-2-3-5-24(19)35(39)40/h2-13,15,23,36H,14,16H2,1H3,(H,37,38). The Bertz CT molecular complexity index is 1750. The number of aliphatic hydroxyl groups is 1. The normalized spacial score (nSPS) is 12.0. The van der Waals surface area contributed by atoms with E-state index < -0.39 is 16.9 Å². The molecule has 2 heterocycles. The van der Waals surface area contributed by atoms with Gasteiger partial charge in [-0.2, -0.15) is 5.11 Å². The molecule has 0 aliphatic heterocycles. The summed E-state index contributed by atoms with van der Waals surface area (Å²) >= 11 is 1.22. The molecule has 0 fully saturated rings. The molecule has 0 aliphatic carbocycles. The monoisotopic (exact) mass is 585 g/mol. The van der Waals surface area contributed by atoms with Crippen LogP contribution in [0.2, 0.25) is 0 Å². The first-order chi connectivity index (χ1) is 20.4. The molecule has 0 aliphatic rings. The van der Waals surface area contributed by atoms with Gasteiger partial charge in [-0.15, -0.1) is 10.2 Å². The smallest absolute Gasteiger partial charge is 0.330 e. The van der Waals surface area contributed by atoms with E-state index in [0.29, 0.717) is 17.1 Å². The molecular formula is C28H23N7O6S. The molecule has 2 aromatic heterocycles. The fourth-order valence-electron chi connectivity index (χ4n) is 4.12. The number of nitro benzene ring substituents is 1. The van der Waals surface area contributed by atoms with Crippen molar-refractivity contribution in [3.05, 3.63) is 100 Å². The summed E-state index contributed by atoms with van der Waals surface area (Å²) in [6.07, 6.45) is 1.42. The molecule has 1 unspecified atom stereocenters. The van der Waals surface area contributed by atoms with Crippen LogP contribution in [-0.4, -0.2) is 54.2 Å². The SMILES string of the molecule is COc1ccc(-c2nc(N=NC(Cc3ccccc3[N+](=O)[O-])C(=O)O)sc2-c2ccc(-n3cc(CO)nn3)cc2)cc1.